The van der Waals surface area contributed by atoms with Crippen LogP contribution in [0.25, 0.3) is 11.0 Å². The summed E-state index contributed by atoms with van der Waals surface area (Å²) in [5, 5.41) is 0.156. The summed E-state index contributed by atoms with van der Waals surface area (Å²) in [5.74, 6) is 0.891. The molecule has 0 bridgehead atoms. The Morgan fingerprint density at radius 2 is 2.22 bits per heavy atom. The molecule has 5 nitrogen and oxygen atoms in total. The van der Waals surface area contributed by atoms with Gasteiger partial charge in [-0.2, -0.15) is 0 Å². The molecule has 0 atom stereocenters. The van der Waals surface area contributed by atoms with Crippen LogP contribution in [0.4, 0.5) is 0 Å². The molecular weight excluding hydrogens is 314 g/mol. The smallest absolute Gasteiger partial charge is 0.293 e. The molecule has 122 valence electrons. The first kappa shape index (κ1) is 16.0. The number of aromatic nitrogens is 3. The van der Waals surface area contributed by atoms with Crippen LogP contribution < -0.4 is 10.3 Å². The summed E-state index contributed by atoms with van der Waals surface area (Å²) in [6.45, 7) is 4.35. The standard InChI is InChI=1S/C17H20ClN3O2/c1-3-6-12-14-13(9-19-17(18)20-14)21(2)16(22)15(12)23-10-11-7-4-5-8-11/h3,9,11H,1,4-8,10H2,2H3. The monoisotopic (exact) mass is 333 g/mol. The zero-order chi connectivity index (χ0) is 16.4. The Balaban J connectivity index is 2.09. The first-order chi connectivity index (χ1) is 11.1. The van der Waals surface area contributed by atoms with Crippen molar-refractivity contribution >= 4 is 22.6 Å². The Bertz CT molecular complexity index is 795. The first-order valence-corrected chi connectivity index (χ1v) is 8.27. The molecule has 2 heterocycles. The van der Waals surface area contributed by atoms with E-state index in [1.807, 2.05) is 0 Å². The number of hydrogen-bond acceptors (Lipinski definition) is 4. The number of allylic oxidation sites excluding steroid dienone is 1. The van der Waals surface area contributed by atoms with Gasteiger partial charge in [-0.05, 0) is 36.8 Å². The van der Waals surface area contributed by atoms with E-state index in [1.165, 1.54) is 30.3 Å². The quantitative estimate of drug-likeness (QED) is 0.622. The average molecular weight is 334 g/mol. The van der Waals surface area contributed by atoms with Crippen molar-refractivity contribution < 1.29 is 4.74 Å². The average Bonchev–Trinajstić information content (AvgIpc) is 3.05. The van der Waals surface area contributed by atoms with Crippen molar-refractivity contribution in [2.75, 3.05) is 6.61 Å². The van der Waals surface area contributed by atoms with Crippen molar-refractivity contribution in [3.8, 4) is 5.75 Å². The van der Waals surface area contributed by atoms with Crippen molar-refractivity contribution in [1.29, 1.82) is 0 Å². The van der Waals surface area contributed by atoms with Gasteiger partial charge in [0, 0.05) is 12.6 Å². The normalized spacial score (nSPS) is 15.2. The van der Waals surface area contributed by atoms with Crippen LogP contribution in [0.1, 0.15) is 31.2 Å². The molecule has 0 unspecified atom stereocenters. The fourth-order valence-corrected chi connectivity index (χ4v) is 3.31. The predicted molar refractivity (Wildman–Crippen MR) is 91.1 cm³/mol. The lowest BCUT2D eigenvalue weighted by Gasteiger charge is -2.16. The van der Waals surface area contributed by atoms with E-state index >= 15 is 0 Å². The molecular formula is C17H20ClN3O2. The molecule has 0 aromatic carbocycles. The van der Waals surface area contributed by atoms with Gasteiger partial charge in [0.1, 0.15) is 0 Å². The molecule has 0 aliphatic heterocycles. The van der Waals surface area contributed by atoms with Crippen LogP contribution in [-0.2, 0) is 13.5 Å². The molecule has 2 aromatic heterocycles. The minimum atomic E-state index is -0.168. The molecule has 3 rings (SSSR count). The number of hydrogen-bond donors (Lipinski definition) is 0. The van der Waals surface area contributed by atoms with Gasteiger partial charge in [-0.25, -0.2) is 9.97 Å². The van der Waals surface area contributed by atoms with Crippen LogP contribution >= 0.6 is 11.6 Å². The van der Waals surface area contributed by atoms with Crippen LogP contribution in [0.5, 0.6) is 5.75 Å². The lowest BCUT2D eigenvalue weighted by Crippen LogP contribution is -2.24. The number of pyridine rings is 1. The van der Waals surface area contributed by atoms with E-state index < -0.39 is 0 Å². The fraction of sp³-hybridized carbons (Fsp3) is 0.471. The molecule has 0 radical (unpaired) electrons. The van der Waals surface area contributed by atoms with Gasteiger partial charge in [0.15, 0.2) is 5.75 Å². The summed E-state index contributed by atoms with van der Waals surface area (Å²) in [7, 11) is 1.70. The van der Waals surface area contributed by atoms with Gasteiger partial charge >= 0.3 is 0 Å². The van der Waals surface area contributed by atoms with Crippen LogP contribution in [-0.4, -0.2) is 21.1 Å². The summed E-state index contributed by atoms with van der Waals surface area (Å²) in [5.41, 5.74) is 1.86. The van der Waals surface area contributed by atoms with Gasteiger partial charge in [-0.3, -0.25) is 4.79 Å². The summed E-state index contributed by atoms with van der Waals surface area (Å²) in [6.07, 6.45) is 8.63. The first-order valence-electron chi connectivity index (χ1n) is 7.89. The van der Waals surface area contributed by atoms with E-state index in [0.29, 0.717) is 35.7 Å². The SMILES string of the molecule is C=CCc1c(OCC2CCCC2)c(=O)n(C)c2cnc(Cl)nc12. The maximum atomic E-state index is 12.7. The number of halogens is 1. The largest absolute Gasteiger partial charge is 0.487 e. The van der Waals surface area contributed by atoms with Crippen molar-refractivity contribution in [2.45, 2.75) is 32.1 Å². The fourth-order valence-electron chi connectivity index (χ4n) is 3.18. The second-order valence-corrected chi connectivity index (χ2v) is 6.34. The minimum Gasteiger partial charge on any atom is -0.487 e. The summed E-state index contributed by atoms with van der Waals surface area (Å²) >= 11 is 5.94. The highest BCUT2D eigenvalue weighted by Gasteiger charge is 2.21. The molecule has 0 spiro atoms. The van der Waals surface area contributed by atoms with Crippen molar-refractivity contribution in [1.82, 2.24) is 14.5 Å². The second-order valence-electron chi connectivity index (χ2n) is 6.00. The van der Waals surface area contributed by atoms with Gasteiger partial charge in [0.05, 0.1) is 23.8 Å². The van der Waals surface area contributed by atoms with Crippen molar-refractivity contribution in [2.24, 2.45) is 13.0 Å². The Kier molecular flexibility index (Phi) is 4.66. The molecule has 1 fully saturated rings. The highest BCUT2D eigenvalue weighted by molar-refractivity contribution is 6.28. The lowest BCUT2D eigenvalue weighted by molar-refractivity contribution is 0.246. The number of aryl methyl sites for hydroxylation is 1. The van der Waals surface area contributed by atoms with Gasteiger partial charge in [-0.1, -0.05) is 18.9 Å². The molecule has 0 N–H and O–H groups in total. The van der Waals surface area contributed by atoms with Crippen LogP contribution in [0.3, 0.4) is 0 Å². The molecule has 2 aromatic rings. The third-order valence-electron chi connectivity index (χ3n) is 4.45. The predicted octanol–water partition coefficient (Wildman–Crippen LogP) is 3.28. The summed E-state index contributed by atoms with van der Waals surface area (Å²) in [4.78, 5) is 21.0. The summed E-state index contributed by atoms with van der Waals surface area (Å²) < 4.78 is 7.46. The van der Waals surface area contributed by atoms with E-state index in [-0.39, 0.29) is 10.8 Å². The Morgan fingerprint density at radius 1 is 1.48 bits per heavy atom. The minimum absolute atomic E-state index is 0.156. The molecule has 1 saturated carbocycles. The molecule has 0 amide bonds. The number of fused-ring (bicyclic) bond motifs is 1. The van der Waals surface area contributed by atoms with E-state index in [9.17, 15) is 4.79 Å². The van der Waals surface area contributed by atoms with Crippen molar-refractivity contribution in [3.05, 3.63) is 40.1 Å². The van der Waals surface area contributed by atoms with Gasteiger partial charge in [0.2, 0.25) is 5.28 Å². The Hall–Kier alpha value is -1.88. The number of nitrogens with zero attached hydrogens (tertiary/aromatic N) is 3. The Labute approximate surface area is 140 Å². The topological polar surface area (TPSA) is 57.0 Å². The van der Waals surface area contributed by atoms with E-state index in [2.05, 4.69) is 16.5 Å². The van der Waals surface area contributed by atoms with Gasteiger partial charge in [0.25, 0.3) is 5.56 Å². The number of ether oxygens (including phenoxy) is 1. The highest BCUT2D eigenvalue weighted by Crippen LogP contribution is 2.28. The maximum absolute atomic E-state index is 12.7. The summed E-state index contributed by atoms with van der Waals surface area (Å²) in [6, 6.07) is 0. The maximum Gasteiger partial charge on any atom is 0.293 e. The van der Waals surface area contributed by atoms with Gasteiger partial charge < -0.3 is 9.30 Å². The Morgan fingerprint density at radius 3 is 2.91 bits per heavy atom. The van der Waals surface area contributed by atoms with Crippen molar-refractivity contribution in [3.63, 3.8) is 0 Å². The molecule has 6 heteroatoms. The van der Waals surface area contributed by atoms with Crippen LogP contribution in [0.15, 0.2) is 23.6 Å². The van der Waals surface area contributed by atoms with E-state index in [4.69, 9.17) is 16.3 Å². The van der Waals surface area contributed by atoms with Gasteiger partial charge in [-0.15, -0.1) is 6.58 Å². The third kappa shape index (κ3) is 3.11. The molecule has 1 aliphatic carbocycles. The van der Waals surface area contributed by atoms with Crippen LogP contribution in [0, 0.1) is 5.92 Å². The van der Waals surface area contributed by atoms with E-state index in [0.717, 1.165) is 5.56 Å². The number of rotatable bonds is 5. The lowest BCUT2D eigenvalue weighted by atomic mass is 10.1. The molecule has 1 aliphatic rings. The van der Waals surface area contributed by atoms with E-state index in [1.54, 1.807) is 19.3 Å². The molecule has 0 saturated heterocycles. The second kappa shape index (κ2) is 6.71. The zero-order valence-electron chi connectivity index (χ0n) is 13.2. The van der Waals surface area contributed by atoms with Crippen LogP contribution in [0.2, 0.25) is 5.28 Å². The highest BCUT2D eigenvalue weighted by atomic mass is 35.5. The third-order valence-corrected chi connectivity index (χ3v) is 4.63. The zero-order valence-corrected chi connectivity index (χ0v) is 14.0. The molecule has 23 heavy (non-hydrogen) atoms.